The molecule has 2 aromatic heterocycles. The third-order valence-corrected chi connectivity index (χ3v) is 4.24. The van der Waals surface area contributed by atoms with E-state index in [1.807, 2.05) is 0 Å². The molecular weight excluding hydrogens is 407 g/mol. The first-order valence-electron chi connectivity index (χ1n) is 8.40. The van der Waals surface area contributed by atoms with Gasteiger partial charge in [0, 0.05) is 17.3 Å². The molecule has 0 saturated carbocycles. The van der Waals surface area contributed by atoms with Crippen molar-refractivity contribution in [3.05, 3.63) is 83.4 Å². The highest BCUT2D eigenvalue weighted by atomic mass is 19.4. The summed E-state index contributed by atoms with van der Waals surface area (Å²) in [6, 6.07) is 7.40. The van der Waals surface area contributed by atoms with E-state index < -0.39 is 23.4 Å². The molecule has 0 aliphatic carbocycles. The summed E-state index contributed by atoms with van der Waals surface area (Å²) in [6.07, 6.45) is -0.834. The van der Waals surface area contributed by atoms with Crippen LogP contribution in [0.25, 0.3) is 16.9 Å². The fraction of sp³-hybridized carbons (Fsp3) is 0.0526. The van der Waals surface area contributed by atoms with Crippen LogP contribution in [0.15, 0.2) is 60.2 Å². The number of benzene rings is 2. The maximum absolute atomic E-state index is 13.7. The van der Waals surface area contributed by atoms with E-state index in [9.17, 15) is 22.0 Å². The second kappa shape index (κ2) is 7.17. The van der Waals surface area contributed by atoms with Crippen molar-refractivity contribution in [3.8, 4) is 5.69 Å². The summed E-state index contributed by atoms with van der Waals surface area (Å²) in [4.78, 5) is 8.23. The molecule has 0 atom stereocenters. The molecule has 0 saturated heterocycles. The Morgan fingerprint density at radius 2 is 1.70 bits per heavy atom. The van der Waals surface area contributed by atoms with E-state index in [-0.39, 0.29) is 22.2 Å². The van der Waals surface area contributed by atoms with Crippen LogP contribution in [0.5, 0.6) is 0 Å². The Labute approximate surface area is 165 Å². The predicted molar refractivity (Wildman–Crippen MR) is 97.1 cm³/mol. The standard InChI is InChI=1S/C19H11F5N6/c20-13-4-1-11(15(21)7-13)8-28-30-10-27-18-16(17(30)25)26-9-29(18)14-5-2-12(3-6-14)19(22,23)24/h1-10,25H. The van der Waals surface area contributed by atoms with Crippen molar-refractivity contribution in [3.63, 3.8) is 0 Å². The molecule has 0 radical (unpaired) electrons. The first kappa shape index (κ1) is 19.4. The van der Waals surface area contributed by atoms with Crippen molar-refractivity contribution in [2.24, 2.45) is 5.10 Å². The van der Waals surface area contributed by atoms with Gasteiger partial charge in [-0.25, -0.2) is 23.4 Å². The minimum absolute atomic E-state index is 0.0127. The Hall–Kier alpha value is -3.89. The zero-order valence-electron chi connectivity index (χ0n) is 14.9. The average molecular weight is 418 g/mol. The minimum Gasteiger partial charge on any atom is -0.283 e. The van der Waals surface area contributed by atoms with Crippen molar-refractivity contribution in [1.29, 1.82) is 5.41 Å². The Morgan fingerprint density at radius 3 is 2.37 bits per heavy atom. The molecule has 0 amide bonds. The largest absolute Gasteiger partial charge is 0.416 e. The Kier molecular flexibility index (Phi) is 4.65. The number of nitrogens with zero attached hydrogens (tertiary/aromatic N) is 5. The molecule has 6 nitrogen and oxygen atoms in total. The molecular formula is C19H11F5N6. The van der Waals surface area contributed by atoms with Crippen LogP contribution in [-0.2, 0) is 6.18 Å². The lowest BCUT2D eigenvalue weighted by atomic mass is 10.2. The van der Waals surface area contributed by atoms with E-state index >= 15 is 0 Å². The summed E-state index contributed by atoms with van der Waals surface area (Å²) in [5, 5.41) is 12.2. The van der Waals surface area contributed by atoms with Gasteiger partial charge in [-0.3, -0.25) is 9.98 Å². The van der Waals surface area contributed by atoms with Crippen LogP contribution >= 0.6 is 0 Å². The topological polar surface area (TPSA) is 71.8 Å². The van der Waals surface area contributed by atoms with E-state index in [0.717, 1.165) is 29.1 Å². The maximum Gasteiger partial charge on any atom is 0.416 e. The summed E-state index contributed by atoms with van der Waals surface area (Å²) in [7, 11) is 0. The van der Waals surface area contributed by atoms with Crippen LogP contribution in [-0.4, -0.2) is 25.4 Å². The fourth-order valence-corrected chi connectivity index (χ4v) is 2.73. The van der Waals surface area contributed by atoms with Crippen LogP contribution in [0.4, 0.5) is 22.0 Å². The lowest BCUT2D eigenvalue weighted by Gasteiger charge is -2.08. The summed E-state index contributed by atoms with van der Waals surface area (Å²) >= 11 is 0. The maximum atomic E-state index is 13.7. The molecule has 0 unspecified atom stereocenters. The SMILES string of the molecule is N=c1c2ncn(-c3ccc(C(F)(F)F)cc3)c2ncn1N=Cc1ccc(F)cc1F. The summed E-state index contributed by atoms with van der Waals surface area (Å²) in [6.45, 7) is 0. The van der Waals surface area contributed by atoms with Gasteiger partial charge in [0.25, 0.3) is 0 Å². The van der Waals surface area contributed by atoms with Crippen molar-refractivity contribution < 1.29 is 22.0 Å². The monoisotopic (exact) mass is 418 g/mol. The van der Waals surface area contributed by atoms with Crippen LogP contribution < -0.4 is 5.49 Å². The lowest BCUT2D eigenvalue weighted by molar-refractivity contribution is -0.137. The summed E-state index contributed by atoms with van der Waals surface area (Å²) in [5.74, 6) is -1.54. The van der Waals surface area contributed by atoms with Crippen LogP contribution in [0, 0.1) is 17.0 Å². The lowest BCUT2D eigenvalue weighted by Crippen LogP contribution is -2.18. The zero-order valence-corrected chi connectivity index (χ0v) is 14.9. The predicted octanol–water partition coefficient (Wildman–Crippen LogP) is 3.88. The van der Waals surface area contributed by atoms with Gasteiger partial charge in [-0.2, -0.15) is 18.3 Å². The normalized spacial score (nSPS) is 12.2. The fourth-order valence-electron chi connectivity index (χ4n) is 2.73. The number of halogens is 5. The first-order chi connectivity index (χ1) is 14.2. The molecule has 0 spiro atoms. The Balaban J connectivity index is 1.70. The molecule has 4 rings (SSSR count). The van der Waals surface area contributed by atoms with Gasteiger partial charge in [0.2, 0.25) is 0 Å². The number of nitrogens with one attached hydrogen (secondary N) is 1. The smallest absolute Gasteiger partial charge is 0.283 e. The van der Waals surface area contributed by atoms with Crippen LogP contribution in [0.3, 0.4) is 0 Å². The van der Waals surface area contributed by atoms with Gasteiger partial charge in [-0.15, -0.1) is 0 Å². The third kappa shape index (κ3) is 3.56. The number of hydrogen-bond donors (Lipinski definition) is 1. The molecule has 0 aliphatic rings. The minimum atomic E-state index is -4.45. The number of hydrogen-bond acceptors (Lipinski definition) is 4. The van der Waals surface area contributed by atoms with Gasteiger partial charge >= 0.3 is 6.18 Å². The molecule has 2 heterocycles. The molecule has 152 valence electrons. The van der Waals surface area contributed by atoms with E-state index in [1.54, 1.807) is 0 Å². The third-order valence-electron chi connectivity index (χ3n) is 4.24. The van der Waals surface area contributed by atoms with Gasteiger partial charge < -0.3 is 0 Å². The molecule has 11 heteroatoms. The highest BCUT2D eigenvalue weighted by Crippen LogP contribution is 2.29. The van der Waals surface area contributed by atoms with Gasteiger partial charge in [-0.1, -0.05) is 0 Å². The highest BCUT2D eigenvalue weighted by Gasteiger charge is 2.30. The Morgan fingerprint density at radius 1 is 0.967 bits per heavy atom. The number of alkyl halides is 3. The second-order valence-electron chi connectivity index (χ2n) is 6.18. The molecule has 0 bridgehead atoms. The van der Waals surface area contributed by atoms with Crippen LogP contribution in [0.2, 0.25) is 0 Å². The molecule has 2 aromatic carbocycles. The van der Waals surface area contributed by atoms with Gasteiger partial charge in [0.1, 0.15) is 24.3 Å². The number of imidazole rings is 1. The number of rotatable bonds is 3. The molecule has 4 aromatic rings. The number of aromatic nitrogens is 4. The van der Waals surface area contributed by atoms with Crippen LogP contribution in [0.1, 0.15) is 11.1 Å². The van der Waals surface area contributed by atoms with E-state index in [0.29, 0.717) is 11.8 Å². The van der Waals surface area contributed by atoms with E-state index in [2.05, 4.69) is 15.1 Å². The molecule has 0 aliphatic heterocycles. The van der Waals surface area contributed by atoms with Crippen molar-refractivity contribution in [2.75, 3.05) is 0 Å². The van der Waals surface area contributed by atoms with Gasteiger partial charge in [-0.05, 0) is 36.4 Å². The first-order valence-corrected chi connectivity index (χ1v) is 8.40. The second-order valence-corrected chi connectivity index (χ2v) is 6.18. The van der Waals surface area contributed by atoms with Crippen molar-refractivity contribution >= 4 is 17.4 Å². The molecule has 30 heavy (non-hydrogen) atoms. The van der Waals surface area contributed by atoms with Crippen molar-refractivity contribution in [1.82, 2.24) is 19.2 Å². The average Bonchev–Trinajstić information content (AvgIpc) is 3.13. The van der Waals surface area contributed by atoms with Gasteiger partial charge in [0.15, 0.2) is 16.7 Å². The Bertz CT molecular complexity index is 1320. The summed E-state index contributed by atoms with van der Waals surface area (Å²) < 4.78 is 67.4. The summed E-state index contributed by atoms with van der Waals surface area (Å²) in [5.41, 5.74) is -0.201. The number of fused-ring (bicyclic) bond motifs is 1. The zero-order chi connectivity index (χ0) is 21.5. The highest BCUT2D eigenvalue weighted by molar-refractivity contribution is 5.80. The van der Waals surface area contributed by atoms with E-state index in [4.69, 9.17) is 5.41 Å². The molecule has 0 fully saturated rings. The van der Waals surface area contributed by atoms with E-state index in [1.165, 1.54) is 35.4 Å². The van der Waals surface area contributed by atoms with Crippen molar-refractivity contribution in [2.45, 2.75) is 6.18 Å². The van der Waals surface area contributed by atoms with Gasteiger partial charge in [0.05, 0.1) is 11.8 Å². The quantitative estimate of drug-likeness (QED) is 0.405. The molecule has 1 N–H and O–H groups in total.